The minimum atomic E-state index is -0.992. The van der Waals surface area contributed by atoms with Crippen LogP contribution >= 0.6 is 0 Å². The normalized spacial score (nSPS) is 15.1. The minimum absolute atomic E-state index is 0.0102. The smallest absolute Gasteiger partial charge is 0.355 e. The largest absolute Gasteiger partial charge is 0.464 e. The highest BCUT2D eigenvalue weighted by atomic mass is 16.6. The zero-order valence-corrected chi connectivity index (χ0v) is 16.5. The third-order valence-corrected chi connectivity index (χ3v) is 4.86. The number of allylic oxidation sites excluding steroid dienone is 1. The molecular weight excluding hydrogens is 404 g/mol. The molecule has 4 rings (SSSR count). The summed E-state index contributed by atoms with van der Waals surface area (Å²) in [6.45, 7) is 1.88. The van der Waals surface area contributed by atoms with Crippen LogP contribution in [0.5, 0.6) is 0 Å². The summed E-state index contributed by atoms with van der Waals surface area (Å²) in [6.07, 6.45) is 0. The van der Waals surface area contributed by atoms with Crippen LogP contribution in [0.25, 0.3) is 0 Å². The van der Waals surface area contributed by atoms with E-state index >= 15 is 0 Å². The van der Waals surface area contributed by atoms with Gasteiger partial charge in [-0.15, -0.1) is 0 Å². The number of aromatic nitrogens is 4. The Balaban J connectivity index is 1.96. The number of nitro groups is 1. The first-order valence-corrected chi connectivity index (χ1v) is 9.13. The Bertz CT molecular complexity index is 1230. The van der Waals surface area contributed by atoms with Gasteiger partial charge in [-0.1, -0.05) is 47.1 Å². The van der Waals surface area contributed by atoms with E-state index in [9.17, 15) is 19.7 Å². The summed E-state index contributed by atoms with van der Waals surface area (Å²) < 4.78 is 6.16. The molecule has 1 N–H and O–H groups in total. The molecule has 11 nitrogen and oxygen atoms in total. The van der Waals surface area contributed by atoms with E-state index in [1.54, 1.807) is 30.3 Å². The Hall–Kier alpha value is -4.41. The predicted molar refractivity (Wildman–Crippen MR) is 107 cm³/mol. The Labute approximate surface area is 175 Å². The van der Waals surface area contributed by atoms with Gasteiger partial charge in [0.1, 0.15) is 11.7 Å². The minimum Gasteiger partial charge on any atom is -0.464 e. The van der Waals surface area contributed by atoms with Gasteiger partial charge in [-0.2, -0.15) is 4.68 Å². The Kier molecular flexibility index (Phi) is 4.99. The monoisotopic (exact) mass is 420 g/mol. The van der Waals surface area contributed by atoms with Crippen LogP contribution in [0.2, 0.25) is 0 Å². The van der Waals surface area contributed by atoms with Crippen molar-refractivity contribution in [2.45, 2.75) is 13.0 Å². The quantitative estimate of drug-likeness (QED) is 0.284. The summed E-state index contributed by atoms with van der Waals surface area (Å²) >= 11 is 0. The van der Waals surface area contributed by atoms with Crippen molar-refractivity contribution in [3.8, 4) is 0 Å². The summed E-state index contributed by atoms with van der Waals surface area (Å²) in [6, 6.07) is 11.6. The van der Waals surface area contributed by atoms with Gasteiger partial charge in [0.2, 0.25) is 5.95 Å². The van der Waals surface area contributed by atoms with Gasteiger partial charge in [-0.3, -0.25) is 14.9 Å². The van der Waals surface area contributed by atoms with E-state index in [2.05, 4.69) is 20.8 Å². The second kappa shape index (κ2) is 7.78. The first-order chi connectivity index (χ1) is 14.9. The van der Waals surface area contributed by atoms with Gasteiger partial charge in [-0.25, -0.2) is 4.79 Å². The molecule has 1 aliphatic heterocycles. The molecule has 0 aliphatic carbocycles. The Morgan fingerprint density at radius 1 is 1.19 bits per heavy atom. The van der Waals surface area contributed by atoms with E-state index in [0.717, 1.165) is 5.56 Å². The average molecular weight is 420 g/mol. The lowest BCUT2D eigenvalue weighted by molar-refractivity contribution is -0.384. The molecule has 0 fully saturated rings. The lowest BCUT2D eigenvalue weighted by Gasteiger charge is -2.28. The molecule has 0 saturated heterocycles. The number of non-ortho nitro benzene ring substituents is 1. The number of hydrogen-bond acceptors (Lipinski definition) is 9. The molecular formula is C20H16N6O5. The zero-order chi connectivity index (χ0) is 22.1. The van der Waals surface area contributed by atoms with Gasteiger partial charge in [0.25, 0.3) is 5.69 Å². The highest BCUT2D eigenvalue weighted by molar-refractivity contribution is 6.14. The van der Waals surface area contributed by atoms with Crippen LogP contribution in [0.1, 0.15) is 27.5 Å². The fourth-order valence-electron chi connectivity index (χ4n) is 3.37. The number of fused-ring (bicyclic) bond motifs is 1. The number of aryl methyl sites for hydroxylation is 1. The number of carbonyl (C=O) groups excluding carboxylic acids is 2. The Morgan fingerprint density at radius 2 is 1.94 bits per heavy atom. The molecule has 0 unspecified atom stereocenters. The molecule has 31 heavy (non-hydrogen) atoms. The summed E-state index contributed by atoms with van der Waals surface area (Å²) in [4.78, 5) is 36.9. The van der Waals surface area contributed by atoms with Crippen molar-refractivity contribution >= 4 is 23.4 Å². The van der Waals surface area contributed by atoms with Crippen molar-refractivity contribution < 1.29 is 19.2 Å². The first-order valence-electron chi connectivity index (χ1n) is 9.13. The van der Waals surface area contributed by atoms with Crippen molar-refractivity contribution in [3.05, 3.63) is 86.6 Å². The van der Waals surface area contributed by atoms with Gasteiger partial charge in [-0.05, 0) is 22.9 Å². The summed E-state index contributed by atoms with van der Waals surface area (Å²) in [5.41, 5.74) is 1.35. The summed E-state index contributed by atoms with van der Waals surface area (Å²) in [5.74, 6) is -1.16. The molecule has 0 radical (unpaired) electrons. The highest BCUT2D eigenvalue weighted by Gasteiger charge is 2.39. The standard InChI is InChI=1S/C20H16N6O5/c1-11-6-8-12(9-7-11)18(27)15-16(19(28)31-2)21-20-22-23-24-25(20)17(15)13-4-3-5-14(10-13)26(29)30/h3-10,17H,1-2H3,(H,21,22,24)/t17-/m0/s1. The number of anilines is 1. The molecule has 11 heteroatoms. The van der Waals surface area contributed by atoms with E-state index in [1.165, 1.54) is 30.0 Å². The number of ether oxygens (including phenoxy) is 1. The fraction of sp³-hybridized carbons (Fsp3) is 0.150. The van der Waals surface area contributed by atoms with Gasteiger partial charge < -0.3 is 10.1 Å². The molecule has 1 aromatic heterocycles. The number of tetrazole rings is 1. The van der Waals surface area contributed by atoms with Crippen LogP contribution in [-0.4, -0.2) is 44.0 Å². The second-order valence-corrected chi connectivity index (χ2v) is 6.80. The number of esters is 1. The van der Waals surface area contributed by atoms with Gasteiger partial charge >= 0.3 is 5.97 Å². The van der Waals surface area contributed by atoms with Crippen LogP contribution < -0.4 is 5.32 Å². The molecule has 2 heterocycles. The van der Waals surface area contributed by atoms with E-state index in [0.29, 0.717) is 11.1 Å². The molecule has 156 valence electrons. The molecule has 3 aromatic rings. The third-order valence-electron chi connectivity index (χ3n) is 4.86. The zero-order valence-electron chi connectivity index (χ0n) is 16.5. The number of nitro benzene ring substituents is 1. The van der Waals surface area contributed by atoms with Gasteiger partial charge in [0.15, 0.2) is 5.78 Å². The maximum atomic E-state index is 13.6. The van der Waals surface area contributed by atoms with Crippen molar-refractivity contribution in [3.63, 3.8) is 0 Å². The van der Waals surface area contributed by atoms with Crippen molar-refractivity contribution in [2.75, 3.05) is 12.4 Å². The van der Waals surface area contributed by atoms with E-state index < -0.39 is 22.7 Å². The number of methoxy groups -OCH3 is 1. The molecule has 0 amide bonds. The van der Waals surface area contributed by atoms with Crippen LogP contribution in [0.4, 0.5) is 11.6 Å². The fourth-order valence-corrected chi connectivity index (χ4v) is 3.37. The molecule has 0 bridgehead atoms. The first kappa shape index (κ1) is 19.9. The van der Waals surface area contributed by atoms with E-state index in [4.69, 9.17) is 4.74 Å². The number of hydrogen-bond donors (Lipinski definition) is 1. The van der Waals surface area contributed by atoms with E-state index in [1.807, 2.05) is 6.92 Å². The predicted octanol–water partition coefficient (Wildman–Crippen LogP) is 2.21. The van der Waals surface area contributed by atoms with Crippen molar-refractivity contribution in [1.82, 2.24) is 20.2 Å². The van der Waals surface area contributed by atoms with Crippen LogP contribution in [0.15, 0.2) is 59.8 Å². The summed E-state index contributed by atoms with van der Waals surface area (Å²) in [7, 11) is 1.19. The second-order valence-electron chi connectivity index (χ2n) is 6.80. The topological polar surface area (TPSA) is 142 Å². The average Bonchev–Trinajstić information content (AvgIpc) is 3.25. The number of ketones is 1. The Morgan fingerprint density at radius 3 is 2.61 bits per heavy atom. The molecule has 1 aliphatic rings. The molecule has 2 aromatic carbocycles. The van der Waals surface area contributed by atoms with Crippen molar-refractivity contribution in [1.29, 1.82) is 0 Å². The SMILES string of the molecule is COC(=O)C1=C(C(=O)c2ccc(C)cc2)[C@H](c2cccc([N+](=O)[O-])c2)n2nnnc2N1. The molecule has 1 atom stereocenters. The maximum absolute atomic E-state index is 13.6. The number of nitrogens with one attached hydrogen (secondary N) is 1. The van der Waals surface area contributed by atoms with E-state index in [-0.39, 0.29) is 22.9 Å². The number of benzene rings is 2. The number of nitrogens with zero attached hydrogens (tertiary/aromatic N) is 5. The number of Topliss-reactive ketones (excluding diaryl/α,β-unsaturated/α-hetero) is 1. The maximum Gasteiger partial charge on any atom is 0.355 e. The molecule has 0 spiro atoms. The lowest BCUT2D eigenvalue weighted by Crippen LogP contribution is -2.33. The van der Waals surface area contributed by atoms with Crippen LogP contribution in [0.3, 0.4) is 0 Å². The van der Waals surface area contributed by atoms with Gasteiger partial charge in [0, 0.05) is 17.7 Å². The number of rotatable bonds is 5. The molecule has 0 saturated carbocycles. The van der Waals surface area contributed by atoms with Crippen LogP contribution in [0, 0.1) is 17.0 Å². The van der Waals surface area contributed by atoms with Gasteiger partial charge in [0.05, 0.1) is 17.6 Å². The highest BCUT2D eigenvalue weighted by Crippen LogP contribution is 2.37. The third kappa shape index (κ3) is 3.52. The summed E-state index contributed by atoms with van der Waals surface area (Å²) in [5, 5.41) is 25.5. The number of carbonyl (C=O) groups is 2. The lowest BCUT2D eigenvalue weighted by atomic mass is 9.89. The van der Waals surface area contributed by atoms with Crippen molar-refractivity contribution in [2.24, 2.45) is 0 Å². The van der Waals surface area contributed by atoms with Crippen LogP contribution in [-0.2, 0) is 9.53 Å².